The molecular formula is C17H19N3O2. The van der Waals surface area contributed by atoms with Gasteiger partial charge in [-0.1, -0.05) is 12.8 Å². The summed E-state index contributed by atoms with van der Waals surface area (Å²) in [5.74, 6) is -0.0346. The minimum absolute atomic E-state index is 0.115. The smallest absolute Gasteiger partial charge is 0.251 e. The molecule has 5 heteroatoms. The first-order valence-electron chi connectivity index (χ1n) is 7.78. The first kappa shape index (κ1) is 14.6. The average Bonchev–Trinajstić information content (AvgIpc) is 3.17. The van der Waals surface area contributed by atoms with Crippen LogP contribution in [-0.2, 0) is 4.79 Å². The monoisotopic (exact) mass is 297 g/mol. The Morgan fingerprint density at radius 3 is 2.55 bits per heavy atom. The van der Waals surface area contributed by atoms with Gasteiger partial charge in [0.25, 0.3) is 5.91 Å². The number of hydrogen-bond donors (Lipinski definition) is 1. The standard InChI is InChI=1S/C17H19N3O2/c18-10-12-5-7-13(8-6-12)17(22)19-14-9-16(21)20(11-14)15-3-1-2-4-15/h5-8,14-15H,1-4,9,11H2,(H,19,22). The normalized spacial score (nSPS) is 21.9. The highest BCUT2D eigenvalue weighted by molar-refractivity contribution is 5.95. The Labute approximate surface area is 129 Å². The summed E-state index contributed by atoms with van der Waals surface area (Å²) < 4.78 is 0. The maximum Gasteiger partial charge on any atom is 0.251 e. The van der Waals surface area contributed by atoms with Crippen molar-refractivity contribution in [1.82, 2.24) is 10.2 Å². The van der Waals surface area contributed by atoms with Crippen LogP contribution in [0.25, 0.3) is 0 Å². The lowest BCUT2D eigenvalue weighted by molar-refractivity contribution is -0.129. The molecule has 0 spiro atoms. The molecule has 0 aromatic heterocycles. The van der Waals surface area contributed by atoms with Gasteiger partial charge in [-0.2, -0.15) is 5.26 Å². The summed E-state index contributed by atoms with van der Waals surface area (Å²) >= 11 is 0. The summed E-state index contributed by atoms with van der Waals surface area (Å²) in [7, 11) is 0. The van der Waals surface area contributed by atoms with Crippen molar-refractivity contribution in [3.8, 4) is 6.07 Å². The topological polar surface area (TPSA) is 73.2 Å². The molecule has 1 aromatic carbocycles. The Morgan fingerprint density at radius 2 is 1.91 bits per heavy atom. The van der Waals surface area contributed by atoms with Gasteiger partial charge in [0.15, 0.2) is 0 Å². The minimum Gasteiger partial charge on any atom is -0.347 e. The van der Waals surface area contributed by atoms with Gasteiger partial charge >= 0.3 is 0 Å². The molecule has 1 N–H and O–H groups in total. The van der Waals surface area contributed by atoms with Crippen LogP contribution < -0.4 is 5.32 Å². The number of nitriles is 1. The lowest BCUT2D eigenvalue weighted by atomic mass is 10.1. The lowest BCUT2D eigenvalue weighted by Crippen LogP contribution is -2.39. The Morgan fingerprint density at radius 1 is 1.23 bits per heavy atom. The van der Waals surface area contributed by atoms with Crippen LogP contribution in [0.1, 0.15) is 48.0 Å². The molecule has 1 aliphatic heterocycles. The first-order valence-corrected chi connectivity index (χ1v) is 7.78. The second-order valence-corrected chi connectivity index (χ2v) is 6.05. The number of benzene rings is 1. The fraction of sp³-hybridized carbons (Fsp3) is 0.471. The molecule has 2 amide bonds. The fourth-order valence-corrected chi connectivity index (χ4v) is 3.36. The third-order valence-electron chi connectivity index (χ3n) is 4.54. The molecule has 5 nitrogen and oxygen atoms in total. The van der Waals surface area contributed by atoms with E-state index in [0.29, 0.717) is 30.1 Å². The highest BCUT2D eigenvalue weighted by Crippen LogP contribution is 2.27. The van der Waals surface area contributed by atoms with E-state index in [1.807, 2.05) is 11.0 Å². The molecule has 1 heterocycles. The lowest BCUT2D eigenvalue weighted by Gasteiger charge is -2.24. The second-order valence-electron chi connectivity index (χ2n) is 6.05. The van der Waals surface area contributed by atoms with E-state index in [4.69, 9.17) is 5.26 Å². The van der Waals surface area contributed by atoms with Crippen LogP contribution in [0.5, 0.6) is 0 Å². The molecule has 3 rings (SSSR count). The molecule has 114 valence electrons. The molecule has 1 aromatic rings. The van der Waals surface area contributed by atoms with Crippen molar-refractivity contribution in [3.63, 3.8) is 0 Å². The van der Waals surface area contributed by atoms with Crippen LogP contribution in [-0.4, -0.2) is 35.3 Å². The Bertz CT molecular complexity index is 612. The molecule has 1 saturated carbocycles. The Kier molecular flexibility index (Phi) is 4.10. The maximum absolute atomic E-state index is 12.2. The number of carbonyl (C=O) groups is 2. The minimum atomic E-state index is -0.185. The van der Waals surface area contributed by atoms with E-state index >= 15 is 0 Å². The molecule has 0 radical (unpaired) electrons. The van der Waals surface area contributed by atoms with Crippen LogP contribution in [0, 0.1) is 11.3 Å². The largest absolute Gasteiger partial charge is 0.347 e. The summed E-state index contributed by atoms with van der Waals surface area (Å²) in [5.41, 5.74) is 1.05. The van der Waals surface area contributed by atoms with Crippen LogP contribution in [0.4, 0.5) is 0 Å². The zero-order valence-electron chi connectivity index (χ0n) is 12.4. The van der Waals surface area contributed by atoms with Gasteiger partial charge in [0.1, 0.15) is 0 Å². The zero-order valence-corrected chi connectivity index (χ0v) is 12.4. The highest BCUT2D eigenvalue weighted by Gasteiger charge is 2.36. The van der Waals surface area contributed by atoms with Crippen molar-refractivity contribution >= 4 is 11.8 Å². The van der Waals surface area contributed by atoms with Crippen LogP contribution >= 0.6 is 0 Å². The summed E-state index contributed by atoms with van der Waals surface area (Å²) in [6, 6.07) is 8.80. The van der Waals surface area contributed by atoms with E-state index in [-0.39, 0.29) is 17.9 Å². The van der Waals surface area contributed by atoms with Crippen molar-refractivity contribution in [2.75, 3.05) is 6.54 Å². The molecule has 2 aliphatic rings. The molecule has 1 unspecified atom stereocenters. The molecule has 1 atom stereocenters. The fourth-order valence-electron chi connectivity index (χ4n) is 3.36. The van der Waals surface area contributed by atoms with Gasteiger partial charge in [0, 0.05) is 24.6 Å². The van der Waals surface area contributed by atoms with E-state index in [1.54, 1.807) is 24.3 Å². The molecule has 2 fully saturated rings. The van der Waals surface area contributed by atoms with E-state index in [2.05, 4.69) is 5.32 Å². The number of nitrogens with zero attached hydrogens (tertiary/aromatic N) is 2. The van der Waals surface area contributed by atoms with E-state index in [1.165, 1.54) is 12.8 Å². The number of nitrogens with one attached hydrogen (secondary N) is 1. The number of carbonyl (C=O) groups excluding carboxylic acids is 2. The maximum atomic E-state index is 12.2. The Hall–Kier alpha value is -2.35. The van der Waals surface area contributed by atoms with Crippen LogP contribution in [0.3, 0.4) is 0 Å². The van der Waals surface area contributed by atoms with Crippen molar-refractivity contribution in [3.05, 3.63) is 35.4 Å². The van der Waals surface area contributed by atoms with Gasteiger partial charge in [0.05, 0.1) is 17.7 Å². The van der Waals surface area contributed by atoms with E-state index in [0.717, 1.165) is 12.8 Å². The molecule has 1 aliphatic carbocycles. The molecular weight excluding hydrogens is 278 g/mol. The van der Waals surface area contributed by atoms with Gasteiger partial charge in [0.2, 0.25) is 5.91 Å². The number of likely N-dealkylation sites (tertiary alicyclic amines) is 1. The molecule has 0 bridgehead atoms. The predicted octanol–water partition coefficient (Wildman–Crippen LogP) is 1.83. The average molecular weight is 297 g/mol. The summed E-state index contributed by atoms with van der Waals surface area (Å²) in [6.45, 7) is 0.617. The third kappa shape index (κ3) is 2.96. The quantitative estimate of drug-likeness (QED) is 0.925. The second kappa shape index (κ2) is 6.18. The molecule has 1 saturated heterocycles. The van der Waals surface area contributed by atoms with Crippen molar-refractivity contribution < 1.29 is 9.59 Å². The third-order valence-corrected chi connectivity index (χ3v) is 4.54. The predicted molar refractivity (Wildman–Crippen MR) is 81.0 cm³/mol. The van der Waals surface area contributed by atoms with Gasteiger partial charge in [-0.05, 0) is 37.1 Å². The van der Waals surface area contributed by atoms with Crippen molar-refractivity contribution in [1.29, 1.82) is 5.26 Å². The Balaban J connectivity index is 1.60. The van der Waals surface area contributed by atoms with Gasteiger partial charge in [-0.25, -0.2) is 0 Å². The van der Waals surface area contributed by atoms with Crippen LogP contribution in [0.15, 0.2) is 24.3 Å². The summed E-state index contributed by atoms with van der Waals surface area (Å²) in [4.78, 5) is 26.3. The van der Waals surface area contributed by atoms with Crippen LogP contribution in [0.2, 0.25) is 0 Å². The summed E-state index contributed by atoms with van der Waals surface area (Å²) in [5, 5.41) is 11.7. The SMILES string of the molecule is N#Cc1ccc(C(=O)NC2CC(=O)N(C3CCCC3)C2)cc1. The zero-order chi connectivity index (χ0) is 15.5. The first-order chi connectivity index (χ1) is 10.7. The van der Waals surface area contributed by atoms with Gasteiger partial charge in [-0.15, -0.1) is 0 Å². The molecule has 22 heavy (non-hydrogen) atoms. The van der Waals surface area contributed by atoms with E-state index in [9.17, 15) is 9.59 Å². The van der Waals surface area contributed by atoms with Gasteiger partial charge in [-0.3, -0.25) is 9.59 Å². The van der Waals surface area contributed by atoms with Crippen molar-refractivity contribution in [2.45, 2.75) is 44.2 Å². The number of rotatable bonds is 3. The number of amides is 2. The van der Waals surface area contributed by atoms with Gasteiger partial charge < -0.3 is 10.2 Å². The van der Waals surface area contributed by atoms with E-state index < -0.39 is 0 Å². The summed E-state index contributed by atoms with van der Waals surface area (Å²) in [6.07, 6.45) is 4.94. The van der Waals surface area contributed by atoms with Crippen molar-refractivity contribution in [2.24, 2.45) is 0 Å². The number of hydrogen-bond acceptors (Lipinski definition) is 3. The highest BCUT2D eigenvalue weighted by atomic mass is 16.2.